The molecule has 0 radical (unpaired) electrons. The fraction of sp³-hybridized carbons (Fsp3) is 0.611. The van der Waals surface area contributed by atoms with Crippen molar-refractivity contribution < 1.29 is 14.3 Å². The molecule has 2 atom stereocenters. The molecular weight excluding hydrogens is 278 g/mol. The van der Waals surface area contributed by atoms with Gasteiger partial charge in [0.2, 0.25) is 0 Å². The predicted molar refractivity (Wildman–Crippen MR) is 88.0 cm³/mol. The van der Waals surface area contributed by atoms with Gasteiger partial charge in [-0.3, -0.25) is 9.69 Å². The Morgan fingerprint density at radius 1 is 1.18 bits per heavy atom. The van der Waals surface area contributed by atoms with Gasteiger partial charge in [-0.05, 0) is 51.8 Å². The fourth-order valence-corrected chi connectivity index (χ4v) is 3.16. The predicted octanol–water partition coefficient (Wildman–Crippen LogP) is 3.54. The summed E-state index contributed by atoms with van der Waals surface area (Å²) >= 11 is 0. The molecule has 1 saturated heterocycles. The highest BCUT2D eigenvalue weighted by Gasteiger charge is 2.24. The van der Waals surface area contributed by atoms with Crippen LogP contribution in [0.4, 0.5) is 0 Å². The summed E-state index contributed by atoms with van der Waals surface area (Å²) in [4.78, 5) is 13.4. The van der Waals surface area contributed by atoms with Crippen LogP contribution >= 0.6 is 0 Å². The van der Waals surface area contributed by atoms with Gasteiger partial charge in [-0.25, -0.2) is 0 Å². The molecule has 1 fully saturated rings. The maximum atomic E-state index is 10.9. The number of hydrogen-bond donors (Lipinski definition) is 0. The van der Waals surface area contributed by atoms with Crippen LogP contribution < -0.4 is 9.47 Å². The summed E-state index contributed by atoms with van der Waals surface area (Å²) in [6.45, 7) is 8.62. The number of likely N-dealkylation sites (tertiary alicyclic amines) is 1. The second-order valence-electron chi connectivity index (χ2n) is 5.97. The van der Waals surface area contributed by atoms with Crippen molar-refractivity contribution in [3.8, 4) is 11.5 Å². The monoisotopic (exact) mass is 305 g/mol. The molecule has 1 aliphatic rings. The SMILES string of the molecule is CCOc1cc(C=O)ccc1OCCN1[C@H](C)CCC[C@@H]1C. The molecule has 4 nitrogen and oxygen atoms in total. The standard InChI is InChI=1S/C18H27NO3/c1-4-21-18-12-16(13-20)8-9-17(18)22-11-10-19-14(2)6-5-7-15(19)3/h8-9,12-15H,4-7,10-11H2,1-3H3/t14-,15+. The summed E-state index contributed by atoms with van der Waals surface area (Å²) in [5, 5.41) is 0. The van der Waals surface area contributed by atoms with Gasteiger partial charge in [0.15, 0.2) is 11.5 Å². The Balaban J connectivity index is 1.94. The summed E-state index contributed by atoms with van der Waals surface area (Å²) < 4.78 is 11.5. The Hall–Kier alpha value is -1.55. The smallest absolute Gasteiger partial charge is 0.161 e. The number of aldehydes is 1. The van der Waals surface area contributed by atoms with E-state index in [9.17, 15) is 4.79 Å². The van der Waals surface area contributed by atoms with E-state index in [1.54, 1.807) is 12.1 Å². The van der Waals surface area contributed by atoms with Gasteiger partial charge in [0.25, 0.3) is 0 Å². The molecule has 122 valence electrons. The van der Waals surface area contributed by atoms with E-state index in [4.69, 9.17) is 9.47 Å². The van der Waals surface area contributed by atoms with E-state index in [1.165, 1.54) is 19.3 Å². The van der Waals surface area contributed by atoms with E-state index in [0.717, 1.165) is 12.8 Å². The van der Waals surface area contributed by atoms with E-state index in [2.05, 4.69) is 18.7 Å². The van der Waals surface area contributed by atoms with Gasteiger partial charge in [0, 0.05) is 24.2 Å². The highest BCUT2D eigenvalue weighted by molar-refractivity contribution is 5.76. The molecule has 0 saturated carbocycles. The maximum Gasteiger partial charge on any atom is 0.161 e. The molecule has 0 spiro atoms. The van der Waals surface area contributed by atoms with Crippen molar-refractivity contribution in [2.75, 3.05) is 19.8 Å². The number of carbonyl (C=O) groups is 1. The van der Waals surface area contributed by atoms with Crippen LogP contribution in [0.1, 0.15) is 50.4 Å². The number of rotatable bonds is 7. The van der Waals surface area contributed by atoms with Crippen LogP contribution in [0.5, 0.6) is 11.5 Å². The molecule has 2 rings (SSSR count). The van der Waals surface area contributed by atoms with Gasteiger partial charge in [0.05, 0.1) is 6.61 Å². The maximum absolute atomic E-state index is 10.9. The van der Waals surface area contributed by atoms with Crippen molar-refractivity contribution in [1.29, 1.82) is 0 Å². The first-order valence-electron chi connectivity index (χ1n) is 8.26. The molecule has 22 heavy (non-hydrogen) atoms. The molecule has 0 unspecified atom stereocenters. The van der Waals surface area contributed by atoms with Gasteiger partial charge in [0.1, 0.15) is 12.9 Å². The van der Waals surface area contributed by atoms with Crippen LogP contribution in [-0.2, 0) is 0 Å². The Bertz CT molecular complexity index is 479. The zero-order valence-corrected chi connectivity index (χ0v) is 13.9. The lowest BCUT2D eigenvalue weighted by Gasteiger charge is -2.38. The van der Waals surface area contributed by atoms with Crippen molar-refractivity contribution in [1.82, 2.24) is 4.90 Å². The molecule has 1 aromatic carbocycles. The van der Waals surface area contributed by atoms with Gasteiger partial charge in [-0.15, -0.1) is 0 Å². The first kappa shape index (κ1) is 16.8. The van der Waals surface area contributed by atoms with E-state index < -0.39 is 0 Å². The topological polar surface area (TPSA) is 38.8 Å². The zero-order valence-electron chi connectivity index (χ0n) is 13.9. The summed E-state index contributed by atoms with van der Waals surface area (Å²) in [6, 6.07) is 6.56. The second-order valence-corrected chi connectivity index (χ2v) is 5.97. The van der Waals surface area contributed by atoms with E-state index in [1.807, 2.05) is 13.0 Å². The Morgan fingerprint density at radius 2 is 1.91 bits per heavy atom. The summed E-state index contributed by atoms with van der Waals surface area (Å²) in [5.74, 6) is 1.36. The normalized spacial score (nSPS) is 22.3. The average molecular weight is 305 g/mol. The van der Waals surface area contributed by atoms with Crippen LogP contribution in [0.3, 0.4) is 0 Å². The summed E-state index contributed by atoms with van der Waals surface area (Å²) in [6.07, 6.45) is 4.68. The summed E-state index contributed by atoms with van der Waals surface area (Å²) in [7, 11) is 0. The minimum absolute atomic E-state index is 0.554. The average Bonchev–Trinajstić information content (AvgIpc) is 2.51. The van der Waals surface area contributed by atoms with Gasteiger partial charge in [-0.1, -0.05) is 6.42 Å². The molecule has 0 amide bonds. The van der Waals surface area contributed by atoms with Crippen LogP contribution in [0.15, 0.2) is 18.2 Å². The molecule has 4 heteroatoms. The number of ether oxygens (including phenoxy) is 2. The number of nitrogens with zero attached hydrogens (tertiary/aromatic N) is 1. The molecule has 0 N–H and O–H groups in total. The molecule has 1 aromatic rings. The number of carbonyl (C=O) groups excluding carboxylic acids is 1. The van der Waals surface area contributed by atoms with E-state index in [-0.39, 0.29) is 0 Å². The second kappa shape index (κ2) is 8.18. The number of hydrogen-bond acceptors (Lipinski definition) is 4. The van der Waals surface area contributed by atoms with Crippen LogP contribution in [0.25, 0.3) is 0 Å². The van der Waals surface area contributed by atoms with Crippen LogP contribution in [0.2, 0.25) is 0 Å². The lowest BCUT2D eigenvalue weighted by Crippen LogP contribution is -2.45. The Morgan fingerprint density at radius 3 is 2.55 bits per heavy atom. The van der Waals surface area contributed by atoms with Gasteiger partial charge >= 0.3 is 0 Å². The van der Waals surface area contributed by atoms with Gasteiger partial charge < -0.3 is 9.47 Å². The highest BCUT2D eigenvalue weighted by atomic mass is 16.5. The van der Waals surface area contributed by atoms with Crippen molar-refractivity contribution in [3.05, 3.63) is 23.8 Å². The first-order valence-corrected chi connectivity index (χ1v) is 8.26. The van der Waals surface area contributed by atoms with Crippen molar-refractivity contribution in [2.24, 2.45) is 0 Å². The first-order chi connectivity index (χ1) is 10.7. The molecule has 0 aliphatic carbocycles. The zero-order chi connectivity index (χ0) is 15.9. The molecule has 1 heterocycles. The van der Waals surface area contributed by atoms with Crippen molar-refractivity contribution in [2.45, 2.75) is 52.1 Å². The van der Waals surface area contributed by atoms with Crippen molar-refractivity contribution in [3.63, 3.8) is 0 Å². The van der Waals surface area contributed by atoms with Gasteiger partial charge in [-0.2, -0.15) is 0 Å². The quantitative estimate of drug-likeness (QED) is 0.722. The minimum atomic E-state index is 0.554. The highest BCUT2D eigenvalue weighted by Crippen LogP contribution is 2.28. The van der Waals surface area contributed by atoms with E-state index >= 15 is 0 Å². The van der Waals surface area contributed by atoms with Crippen LogP contribution in [0, 0.1) is 0 Å². The van der Waals surface area contributed by atoms with E-state index in [0.29, 0.717) is 42.4 Å². The third kappa shape index (κ3) is 4.23. The van der Waals surface area contributed by atoms with Crippen LogP contribution in [-0.4, -0.2) is 43.0 Å². The third-order valence-corrected chi connectivity index (χ3v) is 4.39. The molecule has 1 aliphatic heterocycles. The number of piperidine rings is 1. The van der Waals surface area contributed by atoms with Crippen molar-refractivity contribution >= 4 is 6.29 Å². The largest absolute Gasteiger partial charge is 0.490 e. The lowest BCUT2D eigenvalue weighted by molar-refractivity contribution is 0.0844. The molecule has 0 aromatic heterocycles. The fourth-order valence-electron chi connectivity index (χ4n) is 3.16. The third-order valence-electron chi connectivity index (χ3n) is 4.39. The minimum Gasteiger partial charge on any atom is -0.490 e. The Labute approximate surface area is 133 Å². The summed E-state index contributed by atoms with van der Waals surface area (Å²) in [5.41, 5.74) is 0.606. The lowest BCUT2D eigenvalue weighted by atomic mass is 9.98. The molecular formula is C18H27NO3. The Kier molecular flexibility index (Phi) is 6.25. The number of benzene rings is 1. The molecule has 0 bridgehead atoms.